The molecule has 8 heteroatoms. The van der Waals surface area contributed by atoms with Gasteiger partial charge in [0.15, 0.2) is 0 Å². The van der Waals surface area contributed by atoms with Gasteiger partial charge in [-0.2, -0.15) is 0 Å². The van der Waals surface area contributed by atoms with E-state index in [1.807, 2.05) is 0 Å². The van der Waals surface area contributed by atoms with Crippen LogP contribution in [0.1, 0.15) is 0 Å². The summed E-state index contributed by atoms with van der Waals surface area (Å²) in [6.45, 7) is -2.52. The van der Waals surface area contributed by atoms with Crippen molar-refractivity contribution in [3.8, 4) is 0 Å². The van der Waals surface area contributed by atoms with Gasteiger partial charge in [-0.15, -0.1) is 0 Å². The molecule has 0 N–H and O–H groups in total. The second-order valence-corrected chi connectivity index (χ2v) is 2.26. The van der Waals surface area contributed by atoms with Gasteiger partial charge in [-0.05, 0) is 0 Å². The molecule has 0 saturated heterocycles. The molecule has 0 saturated carbocycles. The molecule has 6 nitrogen and oxygen atoms in total. The summed E-state index contributed by atoms with van der Waals surface area (Å²) >= 11 is 0. The molecule has 14 heavy (non-hydrogen) atoms. The van der Waals surface area contributed by atoms with E-state index in [-0.39, 0.29) is 29.6 Å². The first-order valence-corrected chi connectivity index (χ1v) is 3.51. The molecule has 0 atom stereocenters. The van der Waals surface area contributed by atoms with Gasteiger partial charge in [0.05, 0.1) is 21.3 Å². The summed E-state index contributed by atoms with van der Waals surface area (Å²) < 4.78 is 12.8. The molecule has 0 amide bonds. The second kappa shape index (κ2) is 7.84. The van der Waals surface area contributed by atoms with Crippen molar-refractivity contribution in [2.45, 2.75) is 0 Å². The first-order chi connectivity index (χ1) is 6.08. The zero-order valence-corrected chi connectivity index (χ0v) is 10.7. The Hall–Kier alpha value is -0.525. The molecule has 0 aliphatic heterocycles. The third-order valence-corrected chi connectivity index (χ3v) is 1.55. The van der Waals surface area contributed by atoms with E-state index in [0.717, 1.165) is 21.3 Å². The van der Waals surface area contributed by atoms with Crippen molar-refractivity contribution >= 4 is 24.3 Å². The third-order valence-electron chi connectivity index (χ3n) is 1.55. The zero-order chi connectivity index (χ0) is 10.4. The number of hydrogen-bond donors (Lipinski definition) is 0. The molecule has 0 spiro atoms. The Bertz CT molecular complexity index is 192. The maximum absolute atomic E-state index is 10.9. The number of carbonyl (C=O) groups is 3. The first kappa shape index (κ1) is 15.9. The summed E-state index contributed by atoms with van der Waals surface area (Å²) in [5.74, 6) is -2.75. The van der Waals surface area contributed by atoms with Crippen LogP contribution in [0.2, 0.25) is 0 Å². The van der Waals surface area contributed by atoms with Crippen molar-refractivity contribution < 1.29 is 58.2 Å². The Balaban J connectivity index is 0. The molecule has 0 fully saturated rings. The topological polar surface area (TPSA) is 78.9 Å². The van der Waals surface area contributed by atoms with Gasteiger partial charge in [0.1, 0.15) is 17.6 Å². The van der Waals surface area contributed by atoms with Crippen molar-refractivity contribution in [3.05, 3.63) is 0 Å². The van der Waals surface area contributed by atoms with Crippen molar-refractivity contribution in [2.24, 2.45) is 0 Å². The van der Waals surface area contributed by atoms with Crippen molar-refractivity contribution in [1.29, 1.82) is 0 Å². The zero-order valence-electron chi connectivity index (χ0n) is 8.66. The number of carbonyl (C=O) groups excluding carboxylic acids is 3. The minimum absolute atomic E-state index is 0. The minimum Gasteiger partial charge on any atom is -0.502 e. The van der Waals surface area contributed by atoms with Gasteiger partial charge < -0.3 is 28.6 Å². The Labute approximate surface area is 104 Å². The molecule has 0 bridgehead atoms. The van der Waals surface area contributed by atoms with E-state index in [2.05, 4.69) is 14.2 Å². The van der Waals surface area contributed by atoms with Gasteiger partial charge in [-0.25, -0.2) is 0 Å². The molecule has 0 aromatic carbocycles. The molecule has 0 aromatic heterocycles. The van der Waals surface area contributed by atoms with E-state index in [0.29, 0.717) is 0 Å². The smallest absolute Gasteiger partial charge is 0.502 e. The van der Waals surface area contributed by atoms with Gasteiger partial charge in [0.25, 0.3) is 0 Å². The first-order valence-electron chi connectivity index (χ1n) is 3.51. The van der Waals surface area contributed by atoms with Crippen molar-refractivity contribution in [3.63, 3.8) is 0 Å². The molecule has 74 valence electrons. The van der Waals surface area contributed by atoms with E-state index in [1.54, 1.807) is 0 Å². The maximum Gasteiger partial charge on any atom is 1.00 e. The molecule has 0 radical (unpaired) electrons. The van der Waals surface area contributed by atoms with E-state index in [4.69, 9.17) is 0 Å². The molecule has 0 aromatic rings. The molecule has 0 unspecified atom stereocenters. The fourth-order valence-corrected chi connectivity index (χ4v) is 0.787. The molecule has 0 aliphatic rings. The van der Waals surface area contributed by atoms with Crippen molar-refractivity contribution in [2.75, 3.05) is 21.3 Å². The number of methoxy groups -OCH3 is 3. The number of ether oxygens (including phenoxy) is 3. The monoisotopic (exact) mass is 212 g/mol. The van der Waals surface area contributed by atoms with Crippen LogP contribution in [0.15, 0.2) is 0 Å². The molecule has 0 aliphatic carbocycles. The number of hydrogen-bond acceptors (Lipinski definition) is 6. The van der Waals surface area contributed by atoms with Crippen LogP contribution in [0.25, 0.3) is 0 Å². The average Bonchev–Trinajstić information content (AvgIpc) is 2.16. The molecule has 0 rings (SSSR count). The van der Waals surface area contributed by atoms with Gasteiger partial charge in [0.2, 0.25) is 0 Å². The van der Waals surface area contributed by atoms with Crippen LogP contribution in [-0.4, -0.2) is 45.6 Å². The quantitative estimate of drug-likeness (QED) is 0.373. The predicted octanol–water partition coefficient (Wildman–Crippen LogP) is -2.74. The van der Waals surface area contributed by atoms with Crippen LogP contribution < -0.4 is 29.6 Å². The fraction of sp³-hybridized carbons (Fsp3) is 0.500. The SMILES string of the molecule is COC(=O)[BH-](C(=O)OC)C(=O)OC.[Na+]. The Morgan fingerprint density at radius 2 is 1.00 bits per heavy atom. The van der Waals surface area contributed by atoms with E-state index >= 15 is 0 Å². The summed E-state index contributed by atoms with van der Waals surface area (Å²) in [4.78, 5) is 32.8. The number of rotatable bonds is 3. The average molecular weight is 212 g/mol. The van der Waals surface area contributed by atoms with Crippen LogP contribution in [0.5, 0.6) is 0 Å². The van der Waals surface area contributed by atoms with Gasteiger partial charge in [-0.1, -0.05) is 0 Å². The van der Waals surface area contributed by atoms with Crippen LogP contribution >= 0.6 is 0 Å². The normalized spacial score (nSPS) is 8.57. The van der Waals surface area contributed by atoms with E-state index < -0.39 is 24.3 Å². The molecular weight excluding hydrogens is 202 g/mol. The minimum atomic E-state index is -2.52. The maximum atomic E-state index is 10.9. The third kappa shape index (κ3) is 4.12. The summed E-state index contributed by atoms with van der Waals surface area (Å²) in [5, 5.41) is 0. The Kier molecular flexibility index (Phi) is 8.92. The molecular formula is C6H10BNaO6. The van der Waals surface area contributed by atoms with Gasteiger partial charge in [0, 0.05) is 0 Å². The van der Waals surface area contributed by atoms with Crippen LogP contribution in [0.4, 0.5) is 14.4 Å². The van der Waals surface area contributed by atoms with Crippen LogP contribution in [0, 0.1) is 0 Å². The summed E-state index contributed by atoms with van der Waals surface area (Å²) in [6.07, 6.45) is 0. The summed E-state index contributed by atoms with van der Waals surface area (Å²) in [6, 6.07) is 0. The van der Waals surface area contributed by atoms with Gasteiger partial charge >= 0.3 is 36.3 Å². The largest absolute Gasteiger partial charge is 1.00 e. The second-order valence-electron chi connectivity index (χ2n) is 2.26. The van der Waals surface area contributed by atoms with Crippen LogP contribution in [0.3, 0.4) is 0 Å². The molecule has 0 heterocycles. The summed E-state index contributed by atoms with van der Waals surface area (Å²) in [5.41, 5.74) is 0. The standard InChI is InChI=1S/C6H10BO6.Na/c1-11-4(8)7(5(9)12-2)6(10)13-3;/h7H,1-3H3;/q-1;+1. The Morgan fingerprint density at radius 1 is 0.786 bits per heavy atom. The fourth-order valence-electron chi connectivity index (χ4n) is 0.787. The Morgan fingerprint density at radius 3 is 1.14 bits per heavy atom. The van der Waals surface area contributed by atoms with E-state index in [9.17, 15) is 14.4 Å². The van der Waals surface area contributed by atoms with Crippen LogP contribution in [-0.2, 0) is 14.2 Å². The van der Waals surface area contributed by atoms with Crippen molar-refractivity contribution in [1.82, 2.24) is 0 Å². The summed E-state index contributed by atoms with van der Waals surface area (Å²) in [7, 11) is 3.23. The van der Waals surface area contributed by atoms with Gasteiger partial charge in [-0.3, -0.25) is 0 Å². The predicted molar refractivity (Wildman–Crippen MR) is 44.4 cm³/mol. The van der Waals surface area contributed by atoms with E-state index in [1.165, 1.54) is 0 Å².